The van der Waals surface area contributed by atoms with Crippen LogP contribution in [0.25, 0.3) is 0 Å². The molecule has 6 heteroatoms. The van der Waals surface area contributed by atoms with Gasteiger partial charge < -0.3 is 9.42 Å². The Hall–Kier alpha value is -2.11. The van der Waals surface area contributed by atoms with Crippen LogP contribution in [0.2, 0.25) is 0 Å². The number of piperidine rings is 1. The lowest BCUT2D eigenvalue weighted by atomic mass is 9.71. The molecule has 6 nitrogen and oxygen atoms in total. The summed E-state index contributed by atoms with van der Waals surface area (Å²) < 4.78 is 7.88. The molecule has 0 spiro atoms. The van der Waals surface area contributed by atoms with Gasteiger partial charge in [0.2, 0.25) is 5.91 Å². The number of rotatable bonds is 5. The SMILES string of the molecule is Cc1cc(C)n(CCCC(=O)N2CCC(c3onc4c3C[C@H](C(C)(C)C)CC4)CC2)n1. The molecule has 31 heavy (non-hydrogen) atoms. The summed E-state index contributed by atoms with van der Waals surface area (Å²) in [5.41, 5.74) is 5.07. The fourth-order valence-electron chi connectivity index (χ4n) is 5.32. The first-order valence-electron chi connectivity index (χ1n) is 12.0. The molecule has 1 amide bonds. The molecule has 1 saturated heterocycles. The van der Waals surface area contributed by atoms with Crippen molar-refractivity contribution >= 4 is 5.91 Å². The maximum atomic E-state index is 12.7. The van der Waals surface area contributed by atoms with Crippen LogP contribution >= 0.6 is 0 Å². The van der Waals surface area contributed by atoms with Gasteiger partial charge in [0.25, 0.3) is 0 Å². The van der Waals surface area contributed by atoms with Gasteiger partial charge in [0.1, 0.15) is 5.76 Å². The third kappa shape index (κ3) is 4.88. The first-order chi connectivity index (χ1) is 14.7. The number of nitrogens with zero attached hydrogens (tertiary/aromatic N) is 4. The van der Waals surface area contributed by atoms with Crippen molar-refractivity contribution in [2.45, 2.75) is 92.0 Å². The molecule has 0 radical (unpaired) electrons. The highest BCUT2D eigenvalue weighted by molar-refractivity contribution is 5.76. The highest BCUT2D eigenvalue weighted by Gasteiger charge is 2.35. The predicted molar refractivity (Wildman–Crippen MR) is 121 cm³/mol. The molecular weight excluding hydrogens is 388 g/mol. The van der Waals surface area contributed by atoms with E-state index in [-0.39, 0.29) is 5.91 Å². The third-order valence-electron chi connectivity index (χ3n) is 7.39. The number of hydrogen-bond donors (Lipinski definition) is 0. The normalized spacial score (nSPS) is 20.2. The van der Waals surface area contributed by atoms with E-state index in [2.05, 4.69) is 44.0 Å². The highest BCUT2D eigenvalue weighted by Crippen LogP contribution is 2.41. The van der Waals surface area contributed by atoms with Crippen molar-refractivity contribution in [1.29, 1.82) is 0 Å². The van der Waals surface area contributed by atoms with Gasteiger partial charge in [-0.1, -0.05) is 25.9 Å². The molecular formula is C25H38N4O2. The number of carbonyl (C=O) groups excluding carboxylic acids is 1. The standard InChI is InChI=1S/C25H38N4O2/c1-17-15-18(2)29(26-17)12-6-7-23(30)28-13-10-19(11-14-28)24-21-16-20(25(3,4)5)8-9-22(21)27-31-24/h15,19-20H,6-14,16H2,1-5H3/t20-/m1/s1. The molecule has 0 aromatic carbocycles. The molecule has 0 unspecified atom stereocenters. The van der Waals surface area contributed by atoms with Crippen molar-refractivity contribution in [2.24, 2.45) is 11.3 Å². The van der Waals surface area contributed by atoms with Crippen molar-refractivity contribution in [1.82, 2.24) is 19.8 Å². The monoisotopic (exact) mass is 426 g/mol. The van der Waals surface area contributed by atoms with Crippen LogP contribution in [0.4, 0.5) is 0 Å². The Labute approximate surface area is 186 Å². The van der Waals surface area contributed by atoms with E-state index >= 15 is 0 Å². The quantitative estimate of drug-likeness (QED) is 0.687. The van der Waals surface area contributed by atoms with Crippen LogP contribution in [0, 0.1) is 25.2 Å². The Morgan fingerprint density at radius 1 is 1.19 bits per heavy atom. The second kappa shape index (κ2) is 8.79. The van der Waals surface area contributed by atoms with Gasteiger partial charge in [-0.05, 0) is 69.8 Å². The Morgan fingerprint density at radius 2 is 1.94 bits per heavy atom. The largest absolute Gasteiger partial charge is 0.361 e. The van der Waals surface area contributed by atoms with Gasteiger partial charge in [-0.15, -0.1) is 0 Å². The van der Waals surface area contributed by atoms with Gasteiger partial charge in [0.05, 0.1) is 11.4 Å². The molecule has 1 fully saturated rings. The Balaban J connectivity index is 1.29. The van der Waals surface area contributed by atoms with E-state index in [0.717, 1.165) is 68.9 Å². The van der Waals surface area contributed by atoms with E-state index in [9.17, 15) is 4.79 Å². The van der Waals surface area contributed by atoms with Gasteiger partial charge >= 0.3 is 0 Å². The van der Waals surface area contributed by atoms with Gasteiger partial charge in [-0.2, -0.15) is 5.10 Å². The number of carbonyl (C=O) groups is 1. The molecule has 1 aliphatic heterocycles. The van der Waals surface area contributed by atoms with Crippen molar-refractivity contribution in [3.05, 3.63) is 34.5 Å². The molecule has 2 aliphatic rings. The van der Waals surface area contributed by atoms with Crippen LogP contribution in [0.1, 0.15) is 87.2 Å². The molecule has 0 N–H and O–H groups in total. The second-order valence-electron chi connectivity index (χ2n) is 10.7. The smallest absolute Gasteiger partial charge is 0.222 e. The number of amides is 1. The summed E-state index contributed by atoms with van der Waals surface area (Å²) in [5, 5.41) is 8.91. The van der Waals surface area contributed by atoms with Crippen LogP contribution in [0.15, 0.2) is 10.6 Å². The number of likely N-dealkylation sites (tertiary alicyclic amines) is 1. The zero-order valence-electron chi connectivity index (χ0n) is 19.9. The van der Waals surface area contributed by atoms with Crippen LogP contribution in [0.5, 0.6) is 0 Å². The van der Waals surface area contributed by atoms with Crippen molar-refractivity contribution in [2.75, 3.05) is 13.1 Å². The number of aryl methyl sites for hydroxylation is 4. The fourth-order valence-corrected chi connectivity index (χ4v) is 5.32. The van der Waals surface area contributed by atoms with Crippen LogP contribution in [-0.4, -0.2) is 38.8 Å². The summed E-state index contributed by atoms with van der Waals surface area (Å²) >= 11 is 0. The van der Waals surface area contributed by atoms with Crippen LogP contribution < -0.4 is 0 Å². The van der Waals surface area contributed by atoms with Gasteiger partial charge in [-0.3, -0.25) is 9.48 Å². The molecule has 1 aliphatic carbocycles. The third-order valence-corrected chi connectivity index (χ3v) is 7.39. The van der Waals surface area contributed by atoms with E-state index < -0.39 is 0 Å². The predicted octanol–water partition coefficient (Wildman–Crippen LogP) is 4.83. The fraction of sp³-hybridized carbons (Fsp3) is 0.720. The molecule has 3 heterocycles. The second-order valence-corrected chi connectivity index (χ2v) is 10.7. The lowest BCUT2D eigenvalue weighted by Crippen LogP contribution is -2.38. The summed E-state index contributed by atoms with van der Waals surface area (Å²) in [6.07, 6.45) is 6.71. The van der Waals surface area contributed by atoms with Crippen molar-refractivity contribution < 1.29 is 9.32 Å². The van der Waals surface area contributed by atoms with E-state index in [4.69, 9.17) is 4.52 Å². The first kappa shape index (κ1) is 22.1. The molecule has 0 bridgehead atoms. The molecule has 170 valence electrons. The minimum Gasteiger partial charge on any atom is -0.361 e. The van der Waals surface area contributed by atoms with Gasteiger partial charge in [-0.25, -0.2) is 0 Å². The summed E-state index contributed by atoms with van der Waals surface area (Å²) in [6, 6.07) is 2.08. The van der Waals surface area contributed by atoms with Crippen LogP contribution in [-0.2, 0) is 24.2 Å². The zero-order valence-corrected chi connectivity index (χ0v) is 19.9. The molecule has 2 aromatic rings. The molecule has 2 aromatic heterocycles. The number of fused-ring (bicyclic) bond motifs is 1. The number of aromatic nitrogens is 3. The lowest BCUT2D eigenvalue weighted by molar-refractivity contribution is -0.132. The average molecular weight is 427 g/mol. The van der Waals surface area contributed by atoms with Crippen LogP contribution in [0.3, 0.4) is 0 Å². The van der Waals surface area contributed by atoms with Gasteiger partial charge in [0.15, 0.2) is 0 Å². The average Bonchev–Trinajstić information content (AvgIpc) is 3.29. The maximum Gasteiger partial charge on any atom is 0.222 e. The maximum absolute atomic E-state index is 12.7. The molecule has 0 saturated carbocycles. The summed E-state index contributed by atoms with van der Waals surface area (Å²) in [7, 11) is 0. The summed E-state index contributed by atoms with van der Waals surface area (Å²) in [4.78, 5) is 14.8. The zero-order chi connectivity index (χ0) is 22.2. The highest BCUT2D eigenvalue weighted by atomic mass is 16.5. The Bertz CT molecular complexity index is 913. The number of hydrogen-bond acceptors (Lipinski definition) is 4. The van der Waals surface area contributed by atoms with E-state index in [1.165, 1.54) is 17.7 Å². The first-order valence-corrected chi connectivity index (χ1v) is 12.0. The molecule has 1 atom stereocenters. The van der Waals surface area contributed by atoms with E-state index in [1.807, 2.05) is 16.5 Å². The molecule has 4 rings (SSSR count). The van der Waals surface area contributed by atoms with E-state index in [0.29, 0.717) is 23.7 Å². The van der Waals surface area contributed by atoms with E-state index in [1.54, 1.807) is 0 Å². The summed E-state index contributed by atoms with van der Waals surface area (Å²) in [6.45, 7) is 13.6. The summed E-state index contributed by atoms with van der Waals surface area (Å²) in [5.74, 6) is 2.46. The minimum absolute atomic E-state index is 0.271. The Morgan fingerprint density at radius 3 is 2.58 bits per heavy atom. The minimum atomic E-state index is 0.271. The Kier molecular flexibility index (Phi) is 6.27. The topological polar surface area (TPSA) is 64.2 Å². The van der Waals surface area contributed by atoms with Crippen molar-refractivity contribution in [3.8, 4) is 0 Å². The van der Waals surface area contributed by atoms with Gasteiger partial charge in [0, 0.05) is 43.2 Å². The van der Waals surface area contributed by atoms with Crippen molar-refractivity contribution in [3.63, 3.8) is 0 Å². The lowest BCUT2D eigenvalue weighted by Gasteiger charge is -2.35.